The van der Waals surface area contributed by atoms with Crippen LogP contribution in [-0.2, 0) is 16.1 Å². The topological polar surface area (TPSA) is 93.5 Å². The van der Waals surface area contributed by atoms with Crippen molar-refractivity contribution in [1.82, 2.24) is 15.1 Å². The van der Waals surface area contributed by atoms with Crippen LogP contribution < -0.4 is 10.2 Å². The van der Waals surface area contributed by atoms with Crippen molar-refractivity contribution in [2.24, 2.45) is 0 Å². The first kappa shape index (κ1) is 23.8. The van der Waals surface area contributed by atoms with E-state index in [4.69, 9.17) is 16.3 Å². The quantitative estimate of drug-likeness (QED) is 0.604. The number of hydrogen-bond acceptors (Lipinski definition) is 5. The third-order valence-corrected chi connectivity index (χ3v) is 5.89. The second-order valence-corrected chi connectivity index (χ2v) is 8.49. The molecule has 1 aromatic carbocycles. The molecule has 0 saturated carbocycles. The number of aromatic nitrogens is 2. The Labute approximate surface area is 192 Å². The highest BCUT2D eigenvalue weighted by Gasteiger charge is 2.49. The predicted octanol–water partition coefficient (Wildman–Crippen LogP) is 3.83. The van der Waals surface area contributed by atoms with Gasteiger partial charge in [-0.25, -0.2) is 4.79 Å². The molecule has 2 heterocycles. The van der Waals surface area contributed by atoms with Gasteiger partial charge in [-0.15, -0.1) is 0 Å². The Morgan fingerprint density at radius 3 is 2.66 bits per heavy atom. The zero-order chi connectivity index (χ0) is 23.5. The van der Waals surface area contributed by atoms with Crippen LogP contribution in [0.5, 0.6) is 0 Å². The van der Waals surface area contributed by atoms with Gasteiger partial charge >= 0.3 is 5.97 Å². The largest absolute Gasteiger partial charge is 0.461 e. The number of fused-ring (bicyclic) bond motifs is 1. The molecule has 1 aliphatic heterocycles. The third-order valence-electron chi connectivity index (χ3n) is 5.66. The van der Waals surface area contributed by atoms with Crippen LogP contribution in [0.15, 0.2) is 30.3 Å². The van der Waals surface area contributed by atoms with Gasteiger partial charge in [0.05, 0.1) is 13.2 Å². The molecule has 2 atom stereocenters. The molecule has 1 aromatic heterocycles. The maximum absolute atomic E-state index is 13.6. The molecule has 0 spiro atoms. The third kappa shape index (κ3) is 4.50. The fourth-order valence-corrected chi connectivity index (χ4v) is 4.16. The van der Waals surface area contributed by atoms with Gasteiger partial charge in [0.25, 0.3) is 5.91 Å². The summed E-state index contributed by atoms with van der Waals surface area (Å²) in [7, 11) is 0. The van der Waals surface area contributed by atoms with Crippen molar-refractivity contribution >= 4 is 35.1 Å². The minimum absolute atomic E-state index is 0.00486. The second-order valence-electron chi connectivity index (χ2n) is 8.05. The highest BCUT2D eigenvalue weighted by atomic mass is 35.5. The van der Waals surface area contributed by atoms with Crippen LogP contribution in [0.4, 0.5) is 5.69 Å². The van der Waals surface area contributed by atoms with Crippen LogP contribution >= 0.6 is 11.6 Å². The standard InChI is InChI=1S/C23H29ClN4O4/c1-5-9-16(6-2)25-22(31)23(4)14-27-19(13-18(26-27)21(30)32-7-3)20(29)28(23)17-11-8-10-15(24)12-17/h8,10-13,16H,5-7,9,14H2,1-4H3,(H,25,31). The van der Waals surface area contributed by atoms with Gasteiger partial charge in [0.2, 0.25) is 5.91 Å². The van der Waals surface area contributed by atoms with Gasteiger partial charge in [0, 0.05) is 22.8 Å². The summed E-state index contributed by atoms with van der Waals surface area (Å²) >= 11 is 6.20. The molecule has 9 heteroatoms. The lowest BCUT2D eigenvalue weighted by molar-refractivity contribution is -0.127. The van der Waals surface area contributed by atoms with E-state index in [0.717, 1.165) is 19.3 Å². The fourth-order valence-electron chi connectivity index (χ4n) is 3.97. The summed E-state index contributed by atoms with van der Waals surface area (Å²) in [6.07, 6.45) is 2.54. The van der Waals surface area contributed by atoms with Crippen LogP contribution in [0.2, 0.25) is 5.02 Å². The lowest BCUT2D eigenvalue weighted by Crippen LogP contribution is -2.65. The van der Waals surface area contributed by atoms with E-state index in [2.05, 4.69) is 17.3 Å². The molecule has 172 valence electrons. The van der Waals surface area contributed by atoms with E-state index >= 15 is 0 Å². The van der Waals surface area contributed by atoms with Crippen molar-refractivity contribution in [3.05, 3.63) is 46.7 Å². The molecule has 32 heavy (non-hydrogen) atoms. The maximum Gasteiger partial charge on any atom is 0.358 e. The molecular weight excluding hydrogens is 432 g/mol. The van der Waals surface area contributed by atoms with Crippen molar-refractivity contribution in [3.63, 3.8) is 0 Å². The summed E-state index contributed by atoms with van der Waals surface area (Å²) in [6.45, 7) is 7.75. The van der Waals surface area contributed by atoms with Crippen molar-refractivity contribution in [1.29, 1.82) is 0 Å². The lowest BCUT2D eigenvalue weighted by Gasteiger charge is -2.43. The molecule has 1 aliphatic rings. The number of carbonyl (C=O) groups is 3. The monoisotopic (exact) mass is 460 g/mol. The summed E-state index contributed by atoms with van der Waals surface area (Å²) in [6, 6.07) is 8.21. The Kier molecular flexibility index (Phi) is 7.23. The number of nitrogens with one attached hydrogen (secondary N) is 1. The molecule has 0 radical (unpaired) electrons. The number of ether oxygens (including phenoxy) is 1. The smallest absolute Gasteiger partial charge is 0.358 e. The summed E-state index contributed by atoms with van der Waals surface area (Å²) in [5.41, 5.74) is -0.551. The summed E-state index contributed by atoms with van der Waals surface area (Å²) in [5.74, 6) is -1.34. The van der Waals surface area contributed by atoms with E-state index in [1.807, 2.05) is 6.92 Å². The van der Waals surface area contributed by atoms with Crippen molar-refractivity contribution in [2.45, 2.75) is 65.1 Å². The first-order chi connectivity index (χ1) is 15.2. The Bertz CT molecular complexity index is 1020. The number of anilines is 1. The Morgan fingerprint density at radius 2 is 2.03 bits per heavy atom. The lowest BCUT2D eigenvalue weighted by atomic mass is 9.93. The van der Waals surface area contributed by atoms with Crippen molar-refractivity contribution < 1.29 is 19.1 Å². The number of nitrogens with zero attached hydrogens (tertiary/aromatic N) is 3. The number of halogens is 1. The molecular formula is C23H29ClN4O4. The number of hydrogen-bond donors (Lipinski definition) is 1. The fraction of sp³-hybridized carbons (Fsp3) is 0.478. The number of carbonyl (C=O) groups excluding carboxylic acids is 3. The van der Waals surface area contributed by atoms with Crippen LogP contribution in [0.25, 0.3) is 0 Å². The Hall–Kier alpha value is -2.87. The normalized spacial score (nSPS) is 18.8. The van der Waals surface area contributed by atoms with Crippen molar-refractivity contribution in [3.8, 4) is 0 Å². The molecule has 8 nitrogen and oxygen atoms in total. The van der Waals surface area contributed by atoms with E-state index in [9.17, 15) is 14.4 Å². The highest BCUT2D eigenvalue weighted by Crippen LogP contribution is 2.34. The number of amides is 2. The van der Waals surface area contributed by atoms with E-state index in [-0.39, 0.29) is 36.5 Å². The average molecular weight is 461 g/mol. The molecule has 2 unspecified atom stereocenters. The maximum atomic E-state index is 13.6. The van der Waals surface area contributed by atoms with Gasteiger partial charge in [-0.1, -0.05) is 37.9 Å². The van der Waals surface area contributed by atoms with Crippen LogP contribution in [0.1, 0.15) is 67.9 Å². The van der Waals surface area contributed by atoms with E-state index in [1.165, 1.54) is 15.6 Å². The molecule has 3 rings (SSSR count). The summed E-state index contributed by atoms with van der Waals surface area (Å²) in [4.78, 5) is 40.8. The van der Waals surface area contributed by atoms with Gasteiger partial charge in [-0.2, -0.15) is 5.10 Å². The average Bonchev–Trinajstić information content (AvgIpc) is 3.17. The van der Waals surface area contributed by atoms with Gasteiger partial charge in [0.1, 0.15) is 11.2 Å². The van der Waals surface area contributed by atoms with Gasteiger partial charge in [0.15, 0.2) is 5.69 Å². The molecule has 0 fully saturated rings. The first-order valence-electron chi connectivity index (χ1n) is 10.9. The minimum Gasteiger partial charge on any atom is -0.461 e. The van der Waals surface area contributed by atoms with Gasteiger partial charge < -0.3 is 10.1 Å². The van der Waals surface area contributed by atoms with E-state index < -0.39 is 17.4 Å². The van der Waals surface area contributed by atoms with Crippen LogP contribution in [0, 0.1) is 0 Å². The van der Waals surface area contributed by atoms with E-state index in [0.29, 0.717) is 10.7 Å². The predicted molar refractivity (Wildman–Crippen MR) is 122 cm³/mol. The molecule has 2 amide bonds. The second kappa shape index (κ2) is 9.73. The number of esters is 1. The molecule has 0 bridgehead atoms. The van der Waals surface area contributed by atoms with Crippen LogP contribution in [-0.4, -0.2) is 45.8 Å². The zero-order valence-electron chi connectivity index (χ0n) is 18.9. The van der Waals surface area contributed by atoms with Crippen molar-refractivity contribution in [2.75, 3.05) is 11.5 Å². The SMILES string of the molecule is CCCC(CC)NC(=O)C1(C)Cn2nc(C(=O)OCC)cc2C(=O)N1c1cccc(Cl)c1. The molecule has 1 N–H and O–H groups in total. The van der Waals surface area contributed by atoms with Crippen LogP contribution in [0.3, 0.4) is 0 Å². The molecule has 0 saturated heterocycles. The Balaban J connectivity index is 2.08. The summed E-state index contributed by atoms with van der Waals surface area (Å²) < 4.78 is 6.44. The Morgan fingerprint density at radius 1 is 1.28 bits per heavy atom. The summed E-state index contributed by atoms with van der Waals surface area (Å²) in [5, 5.41) is 7.81. The first-order valence-corrected chi connectivity index (χ1v) is 11.3. The molecule has 2 aromatic rings. The number of benzene rings is 1. The molecule has 0 aliphatic carbocycles. The zero-order valence-corrected chi connectivity index (χ0v) is 19.6. The highest BCUT2D eigenvalue weighted by molar-refractivity contribution is 6.31. The van der Waals surface area contributed by atoms with E-state index in [1.54, 1.807) is 38.1 Å². The van der Waals surface area contributed by atoms with Gasteiger partial charge in [-0.3, -0.25) is 19.2 Å². The minimum atomic E-state index is -1.28. The van der Waals surface area contributed by atoms with Gasteiger partial charge in [-0.05, 0) is 44.9 Å². The number of rotatable bonds is 8.